The molecular formula is C27H32Cl3N3O3. The zero-order valence-electron chi connectivity index (χ0n) is 20.8. The number of anilines is 1. The zero-order valence-corrected chi connectivity index (χ0v) is 23.1. The number of hydrogen-bond acceptors (Lipinski definition) is 4. The molecule has 0 fully saturated rings. The number of aromatic nitrogens is 1. The minimum atomic E-state index is -0.281. The Kier molecular flexibility index (Phi) is 11.8. The molecule has 0 aliphatic rings. The van der Waals surface area contributed by atoms with Crippen LogP contribution in [0.5, 0.6) is 5.75 Å². The third-order valence-corrected chi connectivity index (χ3v) is 6.57. The van der Waals surface area contributed by atoms with Gasteiger partial charge in [-0.3, -0.25) is 9.59 Å². The van der Waals surface area contributed by atoms with Crippen LogP contribution in [0.15, 0.2) is 42.5 Å². The van der Waals surface area contributed by atoms with Crippen LogP contribution in [0.2, 0.25) is 10.0 Å². The Labute approximate surface area is 228 Å². The molecule has 9 heteroatoms. The van der Waals surface area contributed by atoms with Crippen molar-refractivity contribution in [1.82, 2.24) is 10.3 Å². The van der Waals surface area contributed by atoms with Gasteiger partial charge in [0.15, 0.2) is 0 Å². The van der Waals surface area contributed by atoms with Crippen LogP contribution in [0, 0.1) is 6.92 Å². The van der Waals surface area contributed by atoms with Crippen molar-refractivity contribution in [2.45, 2.75) is 52.6 Å². The summed E-state index contributed by atoms with van der Waals surface area (Å²) in [5, 5.41) is 4.42. The number of hydrogen-bond donors (Lipinski definition) is 1. The van der Waals surface area contributed by atoms with Gasteiger partial charge in [0, 0.05) is 35.1 Å². The SMILES string of the molecule is CCCCCCC(=O)NCC(=O)N(C)c1ccc(Cl)c(COc2cccc3ccc(C)nc23)c1Cl.Cl. The van der Waals surface area contributed by atoms with Crippen molar-refractivity contribution in [3.05, 3.63) is 63.8 Å². The molecular weight excluding hydrogens is 521 g/mol. The van der Waals surface area contributed by atoms with Crippen LogP contribution < -0.4 is 15.0 Å². The molecule has 0 radical (unpaired) electrons. The highest BCUT2D eigenvalue weighted by molar-refractivity contribution is 6.38. The number of nitrogens with one attached hydrogen (secondary N) is 1. The first-order chi connectivity index (χ1) is 16.8. The molecule has 2 aromatic carbocycles. The molecule has 3 aromatic rings. The van der Waals surface area contributed by atoms with E-state index < -0.39 is 0 Å². The molecule has 0 saturated carbocycles. The summed E-state index contributed by atoms with van der Waals surface area (Å²) in [5.41, 5.74) is 2.70. The maximum absolute atomic E-state index is 12.7. The summed E-state index contributed by atoms with van der Waals surface area (Å²) < 4.78 is 6.06. The molecule has 1 heterocycles. The Morgan fingerprint density at radius 1 is 1.06 bits per heavy atom. The fourth-order valence-corrected chi connectivity index (χ4v) is 4.29. The van der Waals surface area contributed by atoms with E-state index in [2.05, 4.69) is 17.2 Å². The number of amides is 2. The lowest BCUT2D eigenvalue weighted by Gasteiger charge is -2.21. The van der Waals surface area contributed by atoms with E-state index in [1.165, 1.54) is 4.90 Å². The van der Waals surface area contributed by atoms with Gasteiger partial charge in [-0.05, 0) is 37.6 Å². The maximum atomic E-state index is 12.7. The number of nitrogens with zero attached hydrogens (tertiary/aromatic N) is 2. The Morgan fingerprint density at radius 2 is 1.83 bits per heavy atom. The average Bonchev–Trinajstić information content (AvgIpc) is 2.84. The Bertz CT molecular complexity index is 1200. The number of unbranched alkanes of at least 4 members (excludes halogenated alkanes) is 3. The molecule has 3 rings (SSSR count). The monoisotopic (exact) mass is 551 g/mol. The number of likely N-dealkylation sites (N-methyl/N-ethyl adjacent to an activating group) is 1. The van der Waals surface area contributed by atoms with Crippen molar-refractivity contribution >= 4 is 64.0 Å². The molecule has 0 atom stereocenters. The number of halogens is 3. The second-order valence-corrected chi connectivity index (χ2v) is 9.25. The van der Waals surface area contributed by atoms with Crippen molar-refractivity contribution in [3.8, 4) is 5.75 Å². The molecule has 36 heavy (non-hydrogen) atoms. The van der Waals surface area contributed by atoms with Crippen molar-refractivity contribution in [2.75, 3.05) is 18.5 Å². The minimum Gasteiger partial charge on any atom is -0.487 e. The maximum Gasteiger partial charge on any atom is 0.246 e. The fourth-order valence-electron chi connectivity index (χ4n) is 3.69. The van der Waals surface area contributed by atoms with Gasteiger partial charge in [0.25, 0.3) is 0 Å². The summed E-state index contributed by atoms with van der Waals surface area (Å²) in [4.78, 5) is 30.7. The van der Waals surface area contributed by atoms with Gasteiger partial charge in [-0.1, -0.05) is 67.6 Å². The molecule has 0 spiro atoms. The van der Waals surface area contributed by atoms with E-state index in [-0.39, 0.29) is 37.4 Å². The summed E-state index contributed by atoms with van der Waals surface area (Å²) in [7, 11) is 1.62. The van der Waals surface area contributed by atoms with Crippen LogP contribution in [0.1, 0.15) is 50.3 Å². The number of fused-ring (bicyclic) bond motifs is 1. The molecule has 0 saturated heterocycles. The lowest BCUT2D eigenvalue weighted by Crippen LogP contribution is -2.38. The van der Waals surface area contributed by atoms with Crippen LogP contribution in [-0.4, -0.2) is 30.4 Å². The highest BCUT2D eigenvalue weighted by Gasteiger charge is 2.19. The lowest BCUT2D eigenvalue weighted by molar-refractivity contribution is -0.124. The van der Waals surface area contributed by atoms with E-state index >= 15 is 0 Å². The van der Waals surface area contributed by atoms with Crippen molar-refractivity contribution in [2.24, 2.45) is 0 Å². The van der Waals surface area contributed by atoms with Crippen molar-refractivity contribution in [3.63, 3.8) is 0 Å². The first kappa shape index (κ1) is 29.7. The average molecular weight is 553 g/mol. The van der Waals surface area contributed by atoms with Crippen LogP contribution in [0.4, 0.5) is 5.69 Å². The number of ether oxygens (including phenoxy) is 1. The Balaban J connectivity index is 0.00000456. The zero-order chi connectivity index (χ0) is 25.4. The highest BCUT2D eigenvalue weighted by Crippen LogP contribution is 2.35. The molecule has 0 unspecified atom stereocenters. The smallest absolute Gasteiger partial charge is 0.246 e. The van der Waals surface area contributed by atoms with Gasteiger partial charge in [-0.2, -0.15) is 0 Å². The molecule has 1 aromatic heterocycles. The van der Waals surface area contributed by atoms with Gasteiger partial charge >= 0.3 is 0 Å². The standard InChI is InChI=1S/C27H31Cl2N3O3.ClH/c1-4-5-6-7-11-24(33)30-16-25(34)32(3)22-15-14-21(28)20(26(22)29)17-35-23-10-8-9-19-13-12-18(2)31-27(19)23;/h8-10,12-15H,4-7,11,16-17H2,1-3H3,(H,30,33);1H. The topological polar surface area (TPSA) is 71.5 Å². The van der Waals surface area contributed by atoms with Gasteiger partial charge in [0.1, 0.15) is 17.9 Å². The van der Waals surface area contributed by atoms with Crippen LogP contribution in [0.3, 0.4) is 0 Å². The second kappa shape index (κ2) is 14.3. The number of carbonyl (C=O) groups excluding carboxylic acids is 2. The van der Waals surface area contributed by atoms with E-state index in [0.29, 0.717) is 33.5 Å². The van der Waals surface area contributed by atoms with Crippen LogP contribution >= 0.6 is 35.6 Å². The van der Waals surface area contributed by atoms with Gasteiger partial charge in [-0.15, -0.1) is 12.4 Å². The van der Waals surface area contributed by atoms with E-state index in [1.807, 2.05) is 37.3 Å². The van der Waals surface area contributed by atoms with Crippen LogP contribution in [0.25, 0.3) is 10.9 Å². The molecule has 0 aliphatic carbocycles. The molecule has 0 aliphatic heterocycles. The summed E-state index contributed by atoms with van der Waals surface area (Å²) in [6.45, 7) is 4.05. The van der Waals surface area contributed by atoms with Crippen molar-refractivity contribution < 1.29 is 14.3 Å². The molecule has 194 valence electrons. The molecule has 0 bridgehead atoms. The highest BCUT2D eigenvalue weighted by atomic mass is 35.5. The van der Waals surface area contributed by atoms with E-state index in [4.69, 9.17) is 27.9 Å². The number of carbonyl (C=O) groups is 2. The fraction of sp³-hybridized carbons (Fsp3) is 0.370. The number of aryl methyl sites for hydroxylation is 1. The van der Waals surface area contributed by atoms with Crippen LogP contribution in [-0.2, 0) is 16.2 Å². The van der Waals surface area contributed by atoms with Gasteiger partial charge in [-0.25, -0.2) is 4.98 Å². The Hall–Kier alpha value is -2.54. The van der Waals surface area contributed by atoms with E-state index in [0.717, 1.165) is 42.3 Å². The van der Waals surface area contributed by atoms with Gasteiger partial charge in [0.05, 0.1) is 17.3 Å². The number of benzene rings is 2. The number of rotatable bonds is 11. The largest absolute Gasteiger partial charge is 0.487 e. The quantitative estimate of drug-likeness (QED) is 0.263. The predicted octanol–water partition coefficient (Wildman–Crippen LogP) is 6.90. The summed E-state index contributed by atoms with van der Waals surface area (Å²) in [5.74, 6) is 0.213. The first-order valence-electron chi connectivity index (χ1n) is 11.8. The van der Waals surface area contributed by atoms with Gasteiger partial charge < -0.3 is 15.0 Å². The van der Waals surface area contributed by atoms with E-state index in [9.17, 15) is 9.59 Å². The summed E-state index contributed by atoms with van der Waals surface area (Å²) >= 11 is 13.1. The lowest BCUT2D eigenvalue weighted by atomic mass is 10.1. The second-order valence-electron chi connectivity index (χ2n) is 8.47. The third kappa shape index (κ3) is 7.73. The van der Waals surface area contributed by atoms with Crippen molar-refractivity contribution in [1.29, 1.82) is 0 Å². The molecule has 1 N–H and O–H groups in total. The Morgan fingerprint density at radius 3 is 2.58 bits per heavy atom. The molecule has 2 amide bonds. The third-order valence-electron chi connectivity index (χ3n) is 5.79. The summed E-state index contributed by atoms with van der Waals surface area (Å²) in [6.07, 6.45) is 4.47. The number of pyridine rings is 1. The number of para-hydroxylation sites is 1. The van der Waals surface area contributed by atoms with Gasteiger partial charge in [0.2, 0.25) is 11.8 Å². The predicted molar refractivity (Wildman–Crippen MR) is 150 cm³/mol. The van der Waals surface area contributed by atoms with E-state index in [1.54, 1.807) is 19.2 Å². The molecule has 6 nitrogen and oxygen atoms in total. The normalized spacial score (nSPS) is 10.6. The minimum absolute atomic E-state index is 0. The first-order valence-corrected chi connectivity index (χ1v) is 12.6. The summed E-state index contributed by atoms with van der Waals surface area (Å²) in [6, 6.07) is 13.0.